The molecule has 0 spiro atoms. The lowest BCUT2D eigenvalue weighted by atomic mass is 10.2. The molecule has 4 rings (SSSR count). The summed E-state index contributed by atoms with van der Waals surface area (Å²) in [5.41, 5.74) is 2.44. The van der Waals surface area contributed by atoms with Gasteiger partial charge in [-0.05, 0) is 35.4 Å². The van der Waals surface area contributed by atoms with Crippen molar-refractivity contribution in [2.24, 2.45) is 0 Å². The highest BCUT2D eigenvalue weighted by Gasteiger charge is 2.17. The first-order chi connectivity index (χ1) is 14.5. The molecule has 0 bridgehead atoms. The largest absolute Gasteiger partial charge is 0.363 e. The van der Waals surface area contributed by atoms with E-state index in [9.17, 15) is 13.6 Å². The van der Waals surface area contributed by atoms with Crippen molar-refractivity contribution in [3.8, 4) is 0 Å². The molecule has 3 N–H and O–H groups in total. The highest BCUT2D eigenvalue weighted by Crippen LogP contribution is 2.21. The minimum Gasteiger partial charge on any atom is -0.363 e. The van der Waals surface area contributed by atoms with Crippen LogP contribution in [0.1, 0.15) is 21.6 Å². The number of anilines is 1. The van der Waals surface area contributed by atoms with Crippen LogP contribution in [0.25, 0.3) is 11.0 Å². The smallest absolute Gasteiger partial charge is 0.272 e. The Kier molecular flexibility index (Phi) is 5.53. The Morgan fingerprint density at radius 3 is 2.57 bits per heavy atom. The molecule has 30 heavy (non-hydrogen) atoms. The van der Waals surface area contributed by atoms with Gasteiger partial charge in [0.2, 0.25) is 0 Å². The van der Waals surface area contributed by atoms with Gasteiger partial charge in [0.25, 0.3) is 5.91 Å². The number of benzene rings is 2. The Bertz CT molecular complexity index is 1210. The first kappa shape index (κ1) is 19.7. The lowest BCUT2D eigenvalue weighted by molar-refractivity contribution is 0.0947. The average Bonchev–Trinajstić information content (AvgIpc) is 3.17. The van der Waals surface area contributed by atoms with Gasteiger partial charge < -0.3 is 10.6 Å². The average molecular weight is 429 g/mol. The van der Waals surface area contributed by atoms with Crippen molar-refractivity contribution in [2.45, 2.75) is 13.1 Å². The maximum absolute atomic E-state index is 13.3. The van der Waals surface area contributed by atoms with E-state index < -0.39 is 11.7 Å². The highest BCUT2D eigenvalue weighted by molar-refractivity contribution is 6.30. The van der Waals surface area contributed by atoms with Gasteiger partial charge in [-0.2, -0.15) is 5.10 Å². The van der Waals surface area contributed by atoms with E-state index in [1.165, 1.54) is 36.7 Å². The molecule has 0 unspecified atom stereocenters. The van der Waals surface area contributed by atoms with E-state index in [4.69, 9.17) is 11.6 Å². The summed E-state index contributed by atoms with van der Waals surface area (Å²) in [7, 11) is 0. The molecular formula is C20H15ClF2N6O. The fourth-order valence-corrected chi connectivity index (χ4v) is 3.04. The van der Waals surface area contributed by atoms with Crippen molar-refractivity contribution >= 4 is 34.4 Å². The van der Waals surface area contributed by atoms with E-state index in [2.05, 4.69) is 30.8 Å². The van der Waals surface area contributed by atoms with Crippen molar-refractivity contribution < 1.29 is 13.6 Å². The second-order valence-electron chi connectivity index (χ2n) is 6.43. The van der Waals surface area contributed by atoms with Crippen LogP contribution in [-0.4, -0.2) is 26.1 Å². The van der Waals surface area contributed by atoms with Crippen LogP contribution >= 0.6 is 11.6 Å². The third-order valence-corrected chi connectivity index (χ3v) is 4.67. The quantitative estimate of drug-likeness (QED) is 0.434. The Morgan fingerprint density at radius 2 is 1.80 bits per heavy atom. The predicted octanol–water partition coefficient (Wildman–Crippen LogP) is 3.83. The minimum atomic E-state index is -0.526. The number of H-pyrrole nitrogens is 1. The van der Waals surface area contributed by atoms with Gasteiger partial charge in [-0.15, -0.1) is 0 Å². The summed E-state index contributed by atoms with van der Waals surface area (Å²) in [6.07, 6.45) is 1.27. The maximum Gasteiger partial charge on any atom is 0.272 e. The summed E-state index contributed by atoms with van der Waals surface area (Å²) in [5.74, 6) is -0.842. The first-order valence-electron chi connectivity index (χ1n) is 8.91. The minimum absolute atomic E-state index is 0.0170. The van der Waals surface area contributed by atoms with Gasteiger partial charge in [-0.1, -0.05) is 29.8 Å². The summed E-state index contributed by atoms with van der Waals surface area (Å²) in [4.78, 5) is 20.8. The SMILES string of the molecule is O=C(NCc1ccc(F)c(Cl)c1)c1ncnc2c(NCc3ccc(F)cc3)n[nH]c12. The molecule has 2 aromatic carbocycles. The van der Waals surface area contributed by atoms with Crippen LogP contribution in [0.15, 0.2) is 48.8 Å². The molecule has 0 fully saturated rings. The number of halogens is 3. The van der Waals surface area contributed by atoms with Gasteiger partial charge in [0.15, 0.2) is 11.5 Å². The summed E-state index contributed by atoms with van der Waals surface area (Å²) in [6, 6.07) is 10.3. The van der Waals surface area contributed by atoms with Crippen molar-refractivity contribution in [3.05, 3.63) is 82.3 Å². The fraction of sp³-hybridized carbons (Fsp3) is 0.100. The summed E-state index contributed by atoms with van der Waals surface area (Å²) in [6.45, 7) is 0.547. The van der Waals surface area contributed by atoms with Crippen LogP contribution in [0, 0.1) is 11.6 Å². The number of carbonyl (C=O) groups is 1. The van der Waals surface area contributed by atoms with Crippen molar-refractivity contribution in [1.82, 2.24) is 25.5 Å². The molecular weight excluding hydrogens is 414 g/mol. The number of amides is 1. The molecule has 2 heterocycles. The van der Waals surface area contributed by atoms with E-state index in [-0.39, 0.29) is 23.1 Å². The zero-order valence-corrected chi connectivity index (χ0v) is 16.2. The van der Waals surface area contributed by atoms with E-state index >= 15 is 0 Å². The van der Waals surface area contributed by atoms with Gasteiger partial charge in [0.1, 0.15) is 29.0 Å². The molecule has 0 atom stereocenters. The van der Waals surface area contributed by atoms with Crippen molar-refractivity contribution in [3.63, 3.8) is 0 Å². The fourth-order valence-electron chi connectivity index (χ4n) is 2.83. The number of rotatable bonds is 6. The van der Waals surface area contributed by atoms with E-state index in [0.29, 0.717) is 29.0 Å². The molecule has 10 heteroatoms. The molecule has 0 aliphatic carbocycles. The Balaban J connectivity index is 1.48. The predicted molar refractivity (Wildman–Crippen MR) is 108 cm³/mol. The van der Waals surface area contributed by atoms with Crippen LogP contribution in [0.5, 0.6) is 0 Å². The molecule has 0 aliphatic heterocycles. The molecule has 152 valence electrons. The lowest BCUT2D eigenvalue weighted by Gasteiger charge is -2.06. The second kappa shape index (κ2) is 8.42. The molecule has 2 aromatic heterocycles. The zero-order chi connectivity index (χ0) is 21.1. The molecule has 1 amide bonds. The third-order valence-electron chi connectivity index (χ3n) is 4.38. The normalized spacial score (nSPS) is 10.9. The van der Waals surface area contributed by atoms with Crippen LogP contribution in [-0.2, 0) is 13.1 Å². The topological polar surface area (TPSA) is 95.6 Å². The Labute approximate surface area is 174 Å². The van der Waals surface area contributed by atoms with E-state index in [1.807, 2.05) is 0 Å². The van der Waals surface area contributed by atoms with Crippen LogP contribution in [0.2, 0.25) is 5.02 Å². The van der Waals surface area contributed by atoms with E-state index in [0.717, 1.165) is 5.56 Å². The molecule has 0 aliphatic rings. The van der Waals surface area contributed by atoms with Gasteiger partial charge in [-0.3, -0.25) is 9.89 Å². The number of aromatic amines is 1. The van der Waals surface area contributed by atoms with Gasteiger partial charge in [-0.25, -0.2) is 18.7 Å². The monoisotopic (exact) mass is 428 g/mol. The number of aromatic nitrogens is 4. The number of nitrogens with one attached hydrogen (secondary N) is 3. The standard InChI is InChI=1S/C20H15ClF2N6O/c21-14-7-12(3-6-15(14)23)9-25-20(30)18-16-17(26-10-27-18)19(29-28-16)24-8-11-1-4-13(22)5-2-11/h1-7,10H,8-9H2,(H,25,30)(H2,24,28,29). The zero-order valence-electron chi connectivity index (χ0n) is 15.4. The summed E-state index contributed by atoms with van der Waals surface area (Å²) in [5, 5.41) is 12.7. The van der Waals surface area contributed by atoms with Crippen LogP contribution in [0.4, 0.5) is 14.6 Å². The number of hydrogen-bond acceptors (Lipinski definition) is 5. The van der Waals surface area contributed by atoms with E-state index in [1.54, 1.807) is 12.1 Å². The van der Waals surface area contributed by atoms with Gasteiger partial charge in [0, 0.05) is 13.1 Å². The first-order valence-corrected chi connectivity index (χ1v) is 9.28. The Hall–Kier alpha value is -3.59. The molecule has 0 radical (unpaired) electrons. The summed E-state index contributed by atoms with van der Waals surface area (Å²) >= 11 is 5.76. The number of fused-ring (bicyclic) bond motifs is 1. The molecule has 7 nitrogen and oxygen atoms in total. The van der Waals surface area contributed by atoms with Crippen LogP contribution < -0.4 is 10.6 Å². The van der Waals surface area contributed by atoms with Crippen LogP contribution in [0.3, 0.4) is 0 Å². The van der Waals surface area contributed by atoms with Gasteiger partial charge in [0.05, 0.1) is 5.02 Å². The molecule has 0 saturated heterocycles. The summed E-state index contributed by atoms with van der Waals surface area (Å²) < 4.78 is 26.3. The lowest BCUT2D eigenvalue weighted by Crippen LogP contribution is -2.24. The van der Waals surface area contributed by atoms with Gasteiger partial charge >= 0.3 is 0 Å². The third kappa shape index (κ3) is 4.20. The second-order valence-corrected chi connectivity index (χ2v) is 6.84. The maximum atomic E-state index is 13.3. The van der Waals surface area contributed by atoms with Crippen molar-refractivity contribution in [1.29, 1.82) is 0 Å². The number of carbonyl (C=O) groups excluding carboxylic acids is 1. The van der Waals surface area contributed by atoms with Crippen molar-refractivity contribution in [2.75, 3.05) is 5.32 Å². The number of hydrogen-bond donors (Lipinski definition) is 3. The molecule has 4 aromatic rings. The highest BCUT2D eigenvalue weighted by atomic mass is 35.5. The molecule has 0 saturated carbocycles. The Morgan fingerprint density at radius 1 is 1.03 bits per heavy atom. The number of nitrogens with zero attached hydrogens (tertiary/aromatic N) is 3.